The van der Waals surface area contributed by atoms with Gasteiger partial charge in [-0.15, -0.1) is 0 Å². The minimum absolute atomic E-state index is 0.0294. The number of aliphatic hydroxyl groups is 1. The van der Waals surface area contributed by atoms with E-state index in [1.54, 1.807) is 30.3 Å². The Labute approximate surface area is 294 Å². The van der Waals surface area contributed by atoms with Gasteiger partial charge in [0.1, 0.15) is 12.4 Å². The summed E-state index contributed by atoms with van der Waals surface area (Å²) in [7, 11) is 0. The van der Waals surface area contributed by atoms with E-state index in [4.69, 9.17) is 16.3 Å². The topological polar surface area (TPSA) is 104 Å². The molecule has 2 aliphatic carbocycles. The van der Waals surface area contributed by atoms with Crippen molar-refractivity contribution in [3.05, 3.63) is 143 Å². The van der Waals surface area contributed by atoms with Gasteiger partial charge in [0.25, 0.3) is 0 Å². The molecule has 4 amide bonds. The van der Waals surface area contributed by atoms with E-state index in [9.17, 15) is 19.5 Å². The molecule has 8 rings (SSSR count). The van der Waals surface area contributed by atoms with Gasteiger partial charge in [0.15, 0.2) is 0 Å². The number of hydrogen-bond donors (Lipinski definition) is 1. The van der Waals surface area contributed by atoms with Gasteiger partial charge in [-0.25, -0.2) is 4.90 Å². The number of halogens is 1. The number of imide groups is 2. The highest BCUT2D eigenvalue weighted by atomic mass is 35.5. The molecule has 0 spiro atoms. The van der Waals surface area contributed by atoms with Crippen LogP contribution in [-0.2, 0) is 31.1 Å². The van der Waals surface area contributed by atoms with Crippen molar-refractivity contribution in [3.8, 4) is 5.75 Å². The maximum atomic E-state index is 15.4. The number of ether oxygens (including phenoxy) is 1. The van der Waals surface area contributed by atoms with Gasteiger partial charge < -0.3 is 9.84 Å². The first-order valence-corrected chi connectivity index (χ1v) is 17.3. The number of carbonyl (C=O) groups excluding carboxylic acids is 4. The van der Waals surface area contributed by atoms with Gasteiger partial charge in [-0.2, -0.15) is 0 Å². The molecule has 1 N–H and O–H groups in total. The second kappa shape index (κ2) is 12.7. The number of allylic oxidation sites excluding steroid dienone is 2. The molecule has 252 valence electrons. The van der Waals surface area contributed by atoms with Crippen LogP contribution in [0.1, 0.15) is 35.4 Å². The van der Waals surface area contributed by atoms with Crippen molar-refractivity contribution in [1.82, 2.24) is 4.90 Å². The monoisotopic (exact) mass is 686 g/mol. The SMILES string of the molecule is O=C1[C@H]2[C@H](CC=C3[C@H]2C[C@H]2C(=O)N(c4cccc(Cl)c4)C(=O)[C@@]2(c2ccccc2)[C@H]3c2ccccc2OCCO)C(=O)N1Cc1ccccc1. The molecule has 0 radical (unpaired) electrons. The molecule has 2 heterocycles. The minimum atomic E-state index is -1.41. The quantitative estimate of drug-likeness (QED) is 0.178. The van der Waals surface area contributed by atoms with Crippen LogP contribution in [0, 0.1) is 23.7 Å². The van der Waals surface area contributed by atoms with Crippen LogP contribution in [-0.4, -0.2) is 46.8 Å². The molecule has 3 fully saturated rings. The first-order chi connectivity index (χ1) is 24.4. The Kier molecular flexibility index (Phi) is 8.16. The molecule has 2 saturated heterocycles. The van der Waals surface area contributed by atoms with Crippen molar-refractivity contribution in [2.24, 2.45) is 23.7 Å². The smallest absolute Gasteiger partial charge is 0.246 e. The number of nitrogens with zero attached hydrogens (tertiary/aromatic N) is 2. The summed E-state index contributed by atoms with van der Waals surface area (Å²) >= 11 is 6.41. The third-order valence-electron chi connectivity index (χ3n) is 11.0. The van der Waals surface area contributed by atoms with Crippen LogP contribution < -0.4 is 9.64 Å². The third-order valence-corrected chi connectivity index (χ3v) is 11.3. The average Bonchev–Trinajstić information content (AvgIpc) is 3.52. The van der Waals surface area contributed by atoms with Gasteiger partial charge in [-0.3, -0.25) is 24.1 Å². The number of aliphatic hydroxyl groups excluding tert-OH is 1. The molecule has 0 unspecified atom stereocenters. The minimum Gasteiger partial charge on any atom is -0.491 e. The molecule has 4 aliphatic rings. The normalized spacial score (nSPS) is 27.2. The number of rotatable bonds is 8. The van der Waals surface area contributed by atoms with Crippen LogP contribution in [0.5, 0.6) is 5.75 Å². The summed E-state index contributed by atoms with van der Waals surface area (Å²) < 4.78 is 6.11. The Morgan fingerprint density at radius 3 is 2.26 bits per heavy atom. The average molecular weight is 687 g/mol. The van der Waals surface area contributed by atoms with Crippen molar-refractivity contribution < 1.29 is 29.0 Å². The lowest BCUT2D eigenvalue weighted by molar-refractivity contribution is -0.141. The fourth-order valence-corrected chi connectivity index (χ4v) is 9.27. The third kappa shape index (κ3) is 4.84. The standard InChI is InChI=1S/C41H35ClN2O6/c42-27-14-9-15-28(22-27)44-38(47)33-23-32-29(18-19-31-35(32)39(48)43(37(31)46)24-25-10-3-1-4-11-25)36(30-16-7-8-17-34(30)50-21-20-45)41(33,40(44)49)26-12-5-2-6-13-26/h1-18,22,31-33,35-36,45H,19-21,23-24H2/t31-,32+,33-,35-,36+,41+/m0/s1. The highest BCUT2D eigenvalue weighted by Gasteiger charge is 2.70. The number of benzene rings is 4. The summed E-state index contributed by atoms with van der Waals surface area (Å²) in [5.74, 6) is -4.09. The molecule has 2 aliphatic heterocycles. The van der Waals surface area contributed by atoms with Gasteiger partial charge in [-0.1, -0.05) is 108 Å². The van der Waals surface area contributed by atoms with Crippen molar-refractivity contribution in [1.29, 1.82) is 0 Å². The van der Waals surface area contributed by atoms with Gasteiger partial charge >= 0.3 is 0 Å². The molecule has 6 atom stereocenters. The summed E-state index contributed by atoms with van der Waals surface area (Å²) in [4.78, 5) is 61.3. The van der Waals surface area contributed by atoms with E-state index in [2.05, 4.69) is 0 Å². The zero-order valence-electron chi connectivity index (χ0n) is 27.2. The number of carbonyl (C=O) groups is 4. The molecule has 8 nitrogen and oxygen atoms in total. The Balaban J connectivity index is 1.34. The van der Waals surface area contributed by atoms with E-state index in [1.807, 2.05) is 84.9 Å². The summed E-state index contributed by atoms with van der Waals surface area (Å²) in [6.45, 7) is -0.0118. The molecule has 1 saturated carbocycles. The molecule has 4 aromatic rings. The summed E-state index contributed by atoms with van der Waals surface area (Å²) in [5, 5.41) is 10.1. The summed E-state index contributed by atoms with van der Waals surface area (Å²) in [6, 6.07) is 33.0. The molecular formula is C41H35ClN2O6. The van der Waals surface area contributed by atoms with Crippen LogP contribution in [0.3, 0.4) is 0 Å². The lowest BCUT2D eigenvalue weighted by atomic mass is 9.49. The second-order valence-electron chi connectivity index (χ2n) is 13.5. The van der Waals surface area contributed by atoms with Crippen molar-refractivity contribution in [2.45, 2.75) is 30.7 Å². The lowest BCUT2D eigenvalue weighted by Crippen LogP contribution is -2.53. The zero-order chi connectivity index (χ0) is 34.6. The van der Waals surface area contributed by atoms with Gasteiger partial charge in [-0.05, 0) is 54.2 Å². The maximum Gasteiger partial charge on any atom is 0.246 e. The predicted molar refractivity (Wildman–Crippen MR) is 187 cm³/mol. The lowest BCUT2D eigenvalue weighted by Gasteiger charge is -2.51. The fraction of sp³-hybridized carbons (Fsp3) is 0.268. The van der Waals surface area contributed by atoms with Crippen molar-refractivity contribution >= 4 is 40.9 Å². The van der Waals surface area contributed by atoms with Crippen LogP contribution >= 0.6 is 11.6 Å². The van der Waals surface area contributed by atoms with Crippen LogP contribution in [0.2, 0.25) is 5.02 Å². The number of amides is 4. The summed E-state index contributed by atoms with van der Waals surface area (Å²) in [5.41, 5.74) is 2.02. The number of hydrogen-bond acceptors (Lipinski definition) is 6. The molecule has 50 heavy (non-hydrogen) atoms. The van der Waals surface area contributed by atoms with Gasteiger partial charge in [0.05, 0.1) is 42.0 Å². The van der Waals surface area contributed by atoms with Crippen LogP contribution in [0.4, 0.5) is 5.69 Å². The maximum absolute atomic E-state index is 15.4. The van der Waals surface area contributed by atoms with Gasteiger partial charge in [0.2, 0.25) is 23.6 Å². The second-order valence-corrected chi connectivity index (χ2v) is 13.9. The largest absolute Gasteiger partial charge is 0.491 e. The van der Waals surface area contributed by atoms with Crippen LogP contribution in [0.15, 0.2) is 121 Å². The predicted octanol–water partition coefficient (Wildman–Crippen LogP) is 6.07. The molecule has 9 heteroatoms. The Morgan fingerprint density at radius 1 is 0.800 bits per heavy atom. The van der Waals surface area contributed by atoms with Crippen molar-refractivity contribution in [2.75, 3.05) is 18.1 Å². The van der Waals surface area contributed by atoms with Crippen LogP contribution in [0.25, 0.3) is 0 Å². The Bertz CT molecular complexity index is 2030. The highest BCUT2D eigenvalue weighted by molar-refractivity contribution is 6.32. The number of fused-ring (bicyclic) bond motifs is 4. The number of likely N-dealkylation sites (tertiary alicyclic amines) is 1. The number of para-hydroxylation sites is 1. The Hall–Kier alpha value is -5.05. The highest BCUT2D eigenvalue weighted by Crippen LogP contribution is 2.65. The van der Waals surface area contributed by atoms with E-state index in [1.165, 1.54) is 9.80 Å². The van der Waals surface area contributed by atoms with E-state index >= 15 is 4.79 Å². The van der Waals surface area contributed by atoms with Crippen molar-refractivity contribution in [3.63, 3.8) is 0 Å². The zero-order valence-corrected chi connectivity index (χ0v) is 27.9. The molecular weight excluding hydrogens is 652 g/mol. The fourth-order valence-electron chi connectivity index (χ4n) is 9.08. The molecule has 4 aromatic carbocycles. The van der Waals surface area contributed by atoms with E-state index < -0.39 is 35.0 Å². The van der Waals surface area contributed by atoms with E-state index in [-0.39, 0.29) is 49.8 Å². The van der Waals surface area contributed by atoms with Gasteiger partial charge in [0, 0.05) is 16.5 Å². The summed E-state index contributed by atoms with van der Waals surface area (Å²) in [6.07, 6.45) is 2.58. The molecule has 0 bridgehead atoms. The van der Waals surface area contributed by atoms with E-state index in [0.29, 0.717) is 34.0 Å². The first-order valence-electron chi connectivity index (χ1n) is 17.0. The molecule has 0 aromatic heterocycles. The first kappa shape index (κ1) is 32.2. The number of anilines is 1. The Morgan fingerprint density at radius 2 is 1.52 bits per heavy atom. The van der Waals surface area contributed by atoms with E-state index in [0.717, 1.165) is 11.1 Å².